The van der Waals surface area contributed by atoms with Crippen molar-refractivity contribution >= 4 is 10.0 Å². The number of nitrogens with one attached hydrogen (secondary N) is 1. The second-order valence-corrected chi connectivity index (χ2v) is 9.30. The number of benzene rings is 1. The molecule has 124 valence electrons. The first-order chi connectivity index (χ1) is 10.2. The lowest BCUT2D eigenvalue weighted by Crippen LogP contribution is -2.38. The second-order valence-electron chi connectivity index (χ2n) is 7.58. The van der Waals surface area contributed by atoms with E-state index in [0.29, 0.717) is 10.8 Å². The summed E-state index contributed by atoms with van der Waals surface area (Å²) in [5.74, 6) is 0.470. The largest absolute Gasteiger partial charge is 0.240 e. The first-order valence-electron chi connectivity index (χ1n) is 8.33. The molecular formula is C18H29NO2S. The minimum absolute atomic E-state index is 0.00703. The molecule has 0 amide bonds. The Morgan fingerprint density at radius 3 is 2.09 bits per heavy atom. The van der Waals surface area contributed by atoms with Crippen molar-refractivity contribution in [3.8, 4) is 0 Å². The van der Waals surface area contributed by atoms with Gasteiger partial charge in [0.15, 0.2) is 0 Å². The van der Waals surface area contributed by atoms with Gasteiger partial charge in [0.1, 0.15) is 0 Å². The van der Waals surface area contributed by atoms with Gasteiger partial charge in [-0.3, -0.25) is 0 Å². The molecule has 4 heteroatoms. The fraction of sp³-hybridized carbons (Fsp3) is 0.667. The molecule has 1 unspecified atom stereocenters. The molecule has 1 fully saturated rings. The molecule has 1 atom stereocenters. The second kappa shape index (κ2) is 6.71. The van der Waals surface area contributed by atoms with Gasteiger partial charge in [-0.25, -0.2) is 13.1 Å². The van der Waals surface area contributed by atoms with Crippen molar-refractivity contribution in [2.75, 3.05) is 0 Å². The molecular weight excluding hydrogens is 294 g/mol. The molecule has 0 aromatic heterocycles. The number of hydrogen-bond donors (Lipinski definition) is 1. The third kappa shape index (κ3) is 4.32. The first-order valence-corrected chi connectivity index (χ1v) is 9.81. The van der Waals surface area contributed by atoms with Crippen LogP contribution >= 0.6 is 0 Å². The smallest absolute Gasteiger partial charge is 0.208 e. The molecule has 2 rings (SSSR count). The molecule has 0 heterocycles. The van der Waals surface area contributed by atoms with Gasteiger partial charge < -0.3 is 0 Å². The fourth-order valence-corrected chi connectivity index (χ4v) is 4.49. The van der Waals surface area contributed by atoms with E-state index >= 15 is 0 Å². The maximum absolute atomic E-state index is 12.5. The number of hydrogen-bond acceptors (Lipinski definition) is 2. The predicted molar refractivity (Wildman–Crippen MR) is 91.5 cm³/mol. The van der Waals surface area contributed by atoms with Gasteiger partial charge in [0, 0.05) is 6.04 Å². The van der Waals surface area contributed by atoms with Gasteiger partial charge >= 0.3 is 0 Å². The molecule has 22 heavy (non-hydrogen) atoms. The Kier molecular flexibility index (Phi) is 5.33. The van der Waals surface area contributed by atoms with Crippen LogP contribution in [-0.2, 0) is 15.4 Å². The predicted octanol–water partition coefficient (Wildman–Crippen LogP) is 4.23. The van der Waals surface area contributed by atoms with E-state index < -0.39 is 10.0 Å². The van der Waals surface area contributed by atoms with Crippen LogP contribution in [0, 0.1) is 5.92 Å². The lowest BCUT2D eigenvalue weighted by Gasteiger charge is -2.28. The zero-order valence-electron chi connectivity index (χ0n) is 14.2. The maximum atomic E-state index is 12.5. The van der Waals surface area contributed by atoms with Crippen LogP contribution in [0.15, 0.2) is 29.2 Å². The topological polar surface area (TPSA) is 46.2 Å². The van der Waals surface area contributed by atoms with E-state index in [4.69, 9.17) is 0 Å². The van der Waals surface area contributed by atoms with Gasteiger partial charge in [0.2, 0.25) is 10.0 Å². The lowest BCUT2D eigenvalue weighted by atomic mass is 9.85. The molecule has 0 saturated heterocycles. The van der Waals surface area contributed by atoms with Crippen molar-refractivity contribution in [3.63, 3.8) is 0 Å². The summed E-state index contributed by atoms with van der Waals surface area (Å²) in [5.41, 5.74) is 1.18. The minimum atomic E-state index is -3.42. The molecule has 1 aromatic carbocycles. The average molecular weight is 324 g/mol. The molecule has 1 saturated carbocycles. The van der Waals surface area contributed by atoms with Gasteiger partial charge in [0.05, 0.1) is 4.90 Å². The van der Waals surface area contributed by atoms with Crippen LogP contribution in [-0.4, -0.2) is 14.5 Å². The van der Waals surface area contributed by atoms with E-state index in [-0.39, 0.29) is 11.5 Å². The van der Waals surface area contributed by atoms with Gasteiger partial charge in [-0.15, -0.1) is 0 Å². The van der Waals surface area contributed by atoms with E-state index in [1.165, 1.54) is 19.3 Å². The summed E-state index contributed by atoms with van der Waals surface area (Å²) in [5, 5.41) is 0. The number of rotatable bonds is 4. The van der Waals surface area contributed by atoms with Crippen LogP contribution in [0.4, 0.5) is 0 Å². The van der Waals surface area contributed by atoms with E-state index in [1.807, 2.05) is 19.1 Å². The van der Waals surface area contributed by atoms with Crippen LogP contribution < -0.4 is 4.72 Å². The highest BCUT2D eigenvalue weighted by Crippen LogP contribution is 2.28. The van der Waals surface area contributed by atoms with Crippen LogP contribution in [0.5, 0.6) is 0 Å². The molecule has 1 aromatic rings. The molecule has 0 aliphatic heterocycles. The normalized spacial score (nSPS) is 19.1. The van der Waals surface area contributed by atoms with Crippen LogP contribution in [0.25, 0.3) is 0 Å². The maximum Gasteiger partial charge on any atom is 0.240 e. The molecule has 0 spiro atoms. The van der Waals surface area contributed by atoms with E-state index in [1.54, 1.807) is 12.1 Å². The summed E-state index contributed by atoms with van der Waals surface area (Å²) in [7, 11) is -3.42. The van der Waals surface area contributed by atoms with Gasteiger partial charge in [-0.05, 0) is 48.8 Å². The molecule has 3 nitrogen and oxygen atoms in total. The Balaban J connectivity index is 2.09. The van der Waals surface area contributed by atoms with E-state index in [0.717, 1.165) is 18.4 Å². The molecule has 0 radical (unpaired) electrons. The zero-order valence-corrected chi connectivity index (χ0v) is 15.0. The van der Waals surface area contributed by atoms with Crippen LogP contribution in [0.1, 0.15) is 65.4 Å². The Labute approximate surface area is 135 Å². The molecule has 0 bridgehead atoms. The van der Waals surface area contributed by atoms with E-state index in [2.05, 4.69) is 25.5 Å². The van der Waals surface area contributed by atoms with Crippen molar-refractivity contribution in [3.05, 3.63) is 29.8 Å². The summed E-state index contributed by atoms with van der Waals surface area (Å²) in [6, 6.07) is 7.28. The van der Waals surface area contributed by atoms with Gasteiger partial charge in [0.25, 0.3) is 0 Å². The third-order valence-electron chi connectivity index (χ3n) is 4.73. The Hall–Kier alpha value is -0.870. The van der Waals surface area contributed by atoms with Crippen LogP contribution in [0.3, 0.4) is 0 Å². The van der Waals surface area contributed by atoms with Gasteiger partial charge in [-0.1, -0.05) is 52.2 Å². The summed E-state index contributed by atoms with van der Waals surface area (Å²) in [6.07, 6.45) is 5.98. The van der Waals surface area contributed by atoms with Crippen molar-refractivity contribution in [2.45, 2.75) is 76.2 Å². The summed E-state index contributed by atoms with van der Waals surface area (Å²) >= 11 is 0. The summed E-state index contributed by atoms with van der Waals surface area (Å²) < 4.78 is 27.9. The fourth-order valence-electron chi connectivity index (χ4n) is 3.18. The Morgan fingerprint density at radius 1 is 1.05 bits per heavy atom. The molecule has 1 aliphatic rings. The minimum Gasteiger partial charge on any atom is -0.208 e. The monoisotopic (exact) mass is 323 g/mol. The highest BCUT2D eigenvalue weighted by molar-refractivity contribution is 7.89. The van der Waals surface area contributed by atoms with Crippen molar-refractivity contribution in [1.82, 2.24) is 4.72 Å². The van der Waals surface area contributed by atoms with Crippen LogP contribution in [0.2, 0.25) is 0 Å². The zero-order chi connectivity index (χ0) is 16.4. The highest BCUT2D eigenvalue weighted by atomic mass is 32.2. The lowest BCUT2D eigenvalue weighted by molar-refractivity contribution is 0.303. The summed E-state index contributed by atoms with van der Waals surface area (Å²) in [4.78, 5) is 0.364. The average Bonchev–Trinajstić information content (AvgIpc) is 2.47. The van der Waals surface area contributed by atoms with E-state index in [9.17, 15) is 8.42 Å². The quantitative estimate of drug-likeness (QED) is 0.901. The Morgan fingerprint density at radius 2 is 1.59 bits per heavy atom. The van der Waals surface area contributed by atoms with Crippen molar-refractivity contribution in [1.29, 1.82) is 0 Å². The molecule has 1 aliphatic carbocycles. The van der Waals surface area contributed by atoms with Gasteiger partial charge in [-0.2, -0.15) is 0 Å². The molecule has 1 N–H and O–H groups in total. The third-order valence-corrected chi connectivity index (χ3v) is 6.30. The Bertz CT molecular complexity index is 579. The summed E-state index contributed by atoms with van der Waals surface area (Å²) in [6.45, 7) is 8.37. The highest BCUT2D eigenvalue weighted by Gasteiger charge is 2.25. The standard InChI is InChI=1S/C18H29NO2S/c1-14(15-8-6-5-7-9-15)19-22(20,21)17-12-10-16(11-13-17)18(2,3)4/h10-15,19H,5-9H2,1-4H3. The van der Waals surface area contributed by atoms with Crippen molar-refractivity contribution in [2.24, 2.45) is 5.92 Å². The SMILES string of the molecule is CC(NS(=O)(=O)c1ccc(C(C)(C)C)cc1)C1CCCCC1. The van der Waals surface area contributed by atoms with Crippen molar-refractivity contribution < 1.29 is 8.42 Å². The number of sulfonamides is 1. The first kappa shape index (κ1) is 17.5.